The molecule has 0 aliphatic rings. The van der Waals surface area contributed by atoms with Crippen LogP contribution in [0.5, 0.6) is 5.75 Å². The van der Waals surface area contributed by atoms with E-state index in [-0.39, 0.29) is 30.6 Å². The van der Waals surface area contributed by atoms with Gasteiger partial charge in [0.2, 0.25) is 0 Å². The van der Waals surface area contributed by atoms with Crippen LogP contribution in [0.3, 0.4) is 0 Å². The number of carbonyl (C=O) groups is 1. The monoisotopic (exact) mass is 500 g/mol. The number of ether oxygens (including phenoxy) is 1. The molecule has 8 nitrogen and oxygen atoms in total. The van der Waals surface area contributed by atoms with E-state index in [0.717, 1.165) is 36.7 Å². The summed E-state index contributed by atoms with van der Waals surface area (Å²) in [5.74, 6) is 0.844. The molecule has 4 N–H and O–H groups in total. The van der Waals surface area contributed by atoms with Crippen LogP contribution in [0.4, 0.5) is 0 Å². The maximum Gasteiger partial charge on any atom is 0.255 e. The molecule has 9 heteroatoms. The minimum atomic E-state index is -0.497. The zero-order chi connectivity index (χ0) is 19.6. The largest absolute Gasteiger partial charge is 0.484 e. The number of guanidine groups is 1. The number of halogens is 1. The van der Waals surface area contributed by atoms with E-state index >= 15 is 0 Å². The summed E-state index contributed by atoms with van der Waals surface area (Å²) in [6.45, 7) is 6.18. The molecule has 1 heterocycles. The molecular weight excluding hydrogens is 471 g/mol. The van der Waals surface area contributed by atoms with Gasteiger partial charge in [0.1, 0.15) is 5.75 Å². The van der Waals surface area contributed by atoms with Gasteiger partial charge in [0.25, 0.3) is 5.91 Å². The van der Waals surface area contributed by atoms with Crippen molar-refractivity contribution in [2.75, 3.05) is 20.2 Å². The summed E-state index contributed by atoms with van der Waals surface area (Å²) in [7, 11) is 1.74. The molecule has 0 unspecified atom stereocenters. The van der Waals surface area contributed by atoms with E-state index in [1.165, 1.54) is 5.69 Å². The zero-order valence-electron chi connectivity index (χ0n) is 16.6. The first-order chi connectivity index (χ1) is 13.0. The van der Waals surface area contributed by atoms with E-state index < -0.39 is 5.91 Å². The van der Waals surface area contributed by atoms with E-state index in [1.807, 2.05) is 29.8 Å². The highest BCUT2D eigenvalue weighted by atomic mass is 127. The van der Waals surface area contributed by atoms with Crippen LogP contribution in [-0.4, -0.2) is 41.8 Å². The normalized spacial score (nSPS) is 10.9. The Morgan fingerprint density at radius 2 is 2.07 bits per heavy atom. The summed E-state index contributed by atoms with van der Waals surface area (Å²) >= 11 is 0. The number of hydrogen-bond donors (Lipinski definition) is 3. The van der Waals surface area contributed by atoms with Gasteiger partial charge in [-0.05, 0) is 44.0 Å². The number of nitrogens with one attached hydrogen (secondary N) is 2. The smallest absolute Gasteiger partial charge is 0.255 e. The van der Waals surface area contributed by atoms with Crippen molar-refractivity contribution in [2.24, 2.45) is 10.7 Å². The second-order valence-corrected chi connectivity index (χ2v) is 6.26. The fraction of sp³-hybridized carbons (Fsp3) is 0.421. The minimum absolute atomic E-state index is 0. The molecule has 2 aromatic rings. The SMILES string of the molecule is CN=C(NCCCn1nc(C)cc1C)NCc1cccc(OCC(N)=O)c1.I. The predicted molar refractivity (Wildman–Crippen MR) is 121 cm³/mol. The average molecular weight is 500 g/mol. The first-order valence-electron chi connectivity index (χ1n) is 8.93. The van der Waals surface area contributed by atoms with Crippen LogP contribution in [0.15, 0.2) is 35.3 Å². The van der Waals surface area contributed by atoms with Gasteiger partial charge in [-0.15, -0.1) is 24.0 Å². The molecule has 0 radical (unpaired) electrons. The van der Waals surface area contributed by atoms with Crippen molar-refractivity contribution in [3.05, 3.63) is 47.3 Å². The molecule has 1 aromatic heterocycles. The Morgan fingerprint density at radius 1 is 1.29 bits per heavy atom. The summed E-state index contributed by atoms with van der Waals surface area (Å²) in [5, 5.41) is 11.0. The third-order valence-corrected chi connectivity index (χ3v) is 3.91. The Bertz CT molecular complexity index is 790. The molecule has 154 valence electrons. The number of benzene rings is 1. The lowest BCUT2D eigenvalue weighted by atomic mass is 10.2. The Balaban J connectivity index is 0.00000392. The quantitative estimate of drug-likeness (QED) is 0.211. The molecule has 1 amide bonds. The zero-order valence-corrected chi connectivity index (χ0v) is 18.9. The number of aromatic nitrogens is 2. The Labute approximate surface area is 182 Å². The van der Waals surface area contributed by atoms with Gasteiger partial charge in [0.05, 0.1) is 5.69 Å². The minimum Gasteiger partial charge on any atom is -0.484 e. The van der Waals surface area contributed by atoms with Crippen LogP contribution in [0.1, 0.15) is 23.4 Å². The lowest BCUT2D eigenvalue weighted by Gasteiger charge is -2.13. The summed E-state index contributed by atoms with van der Waals surface area (Å²) < 4.78 is 7.34. The highest BCUT2D eigenvalue weighted by Crippen LogP contribution is 2.13. The number of aryl methyl sites for hydroxylation is 3. The third kappa shape index (κ3) is 8.15. The number of amides is 1. The fourth-order valence-corrected chi connectivity index (χ4v) is 2.64. The molecule has 2 rings (SSSR count). The maximum absolute atomic E-state index is 10.8. The first kappa shape index (κ1) is 23.7. The topological polar surface area (TPSA) is 107 Å². The second kappa shape index (κ2) is 12.2. The van der Waals surface area contributed by atoms with Crippen LogP contribution in [0.2, 0.25) is 0 Å². The van der Waals surface area contributed by atoms with Crippen molar-refractivity contribution in [3.63, 3.8) is 0 Å². The van der Waals surface area contributed by atoms with Crippen LogP contribution >= 0.6 is 24.0 Å². The average Bonchev–Trinajstić information content (AvgIpc) is 2.97. The van der Waals surface area contributed by atoms with E-state index in [0.29, 0.717) is 12.3 Å². The molecule has 0 saturated heterocycles. The van der Waals surface area contributed by atoms with E-state index in [2.05, 4.69) is 33.7 Å². The van der Waals surface area contributed by atoms with Crippen molar-refractivity contribution in [1.82, 2.24) is 20.4 Å². The molecule has 0 aliphatic heterocycles. The molecule has 28 heavy (non-hydrogen) atoms. The van der Waals surface area contributed by atoms with E-state index in [9.17, 15) is 4.79 Å². The number of primary amides is 1. The van der Waals surface area contributed by atoms with Crippen LogP contribution in [-0.2, 0) is 17.9 Å². The molecule has 0 spiro atoms. The van der Waals surface area contributed by atoms with Crippen LogP contribution in [0, 0.1) is 13.8 Å². The number of carbonyl (C=O) groups excluding carboxylic acids is 1. The number of aliphatic imine (C=N–C) groups is 1. The van der Waals surface area contributed by atoms with E-state index in [1.54, 1.807) is 13.1 Å². The van der Waals surface area contributed by atoms with Gasteiger partial charge in [0.15, 0.2) is 12.6 Å². The third-order valence-electron chi connectivity index (χ3n) is 3.91. The summed E-state index contributed by atoms with van der Waals surface area (Å²) in [6.07, 6.45) is 0.944. The predicted octanol–water partition coefficient (Wildman–Crippen LogP) is 1.74. The molecule has 0 fully saturated rings. The van der Waals surface area contributed by atoms with Crippen LogP contribution < -0.4 is 21.1 Å². The van der Waals surface area contributed by atoms with Gasteiger partial charge in [0, 0.05) is 32.4 Å². The van der Waals surface area contributed by atoms with Crippen LogP contribution in [0.25, 0.3) is 0 Å². The lowest BCUT2D eigenvalue weighted by Crippen LogP contribution is -2.37. The molecule has 0 aliphatic carbocycles. The number of hydrogen-bond acceptors (Lipinski definition) is 4. The molecule has 0 saturated carbocycles. The van der Waals surface area contributed by atoms with Gasteiger partial charge in [-0.2, -0.15) is 5.10 Å². The van der Waals surface area contributed by atoms with Gasteiger partial charge >= 0.3 is 0 Å². The van der Waals surface area contributed by atoms with Gasteiger partial charge in [-0.1, -0.05) is 12.1 Å². The maximum atomic E-state index is 10.8. The highest BCUT2D eigenvalue weighted by molar-refractivity contribution is 14.0. The summed E-state index contributed by atoms with van der Waals surface area (Å²) in [4.78, 5) is 15.0. The first-order valence-corrected chi connectivity index (χ1v) is 8.93. The second-order valence-electron chi connectivity index (χ2n) is 6.26. The summed E-state index contributed by atoms with van der Waals surface area (Å²) in [6, 6.07) is 9.58. The van der Waals surface area contributed by atoms with E-state index in [4.69, 9.17) is 10.5 Å². The van der Waals surface area contributed by atoms with Crippen molar-refractivity contribution in [3.8, 4) is 5.75 Å². The Morgan fingerprint density at radius 3 is 2.71 bits per heavy atom. The lowest BCUT2D eigenvalue weighted by molar-refractivity contribution is -0.119. The van der Waals surface area contributed by atoms with Gasteiger partial charge in [-0.3, -0.25) is 14.5 Å². The van der Waals surface area contributed by atoms with Gasteiger partial charge in [-0.25, -0.2) is 0 Å². The highest BCUT2D eigenvalue weighted by Gasteiger charge is 2.03. The molecule has 1 aromatic carbocycles. The number of rotatable bonds is 9. The van der Waals surface area contributed by atoms with Crippen molar-refractivity contribution in [1.29, 1.82) is 0 Å². The fourth-order valence-electron chi connectivity index (χ4n) is 2.64. The molecule has 0 atom stereocenters. The summed E-state index contributed by atoms with van der Waals surface area (Å²) in [5.41, 5.74) is 8.33. The Hall–Kier alpha value is -2.30. The van der Waals surface area contributed by atoms with Crippen molar-refractivity contribution >= 4 is 35.8 Å². The standard InChI is InChI=1S/C19H28N6O2.HI/c1-14-10-15(2)25(24-14)9-5-8-22-19(21-3)23-12-16-6-4-7-17(11-16)27-13-18(20)26;/h4,6-7,10-11H,5,8-9,12-13H2,1-3H3,(H2,20,26)(H2,21,22,23);1H. The molecule has 0 bridgehead atoms. The van der Waals surface area contributed by atoms with Gasteiger partial charge < -0.3 is 21.1 Å². The number of nitrogens with two attached hydrogens (primary N) is 1. The van der Waals surface area contributed by atoms with Crippen molar-refractivity contribution < 1.29 is 9.53 Å². The Kier molecular flexibility index (Phi) is 10.4. The number of nitrogens with zero attached hydrogens (tertiary/aromatic N) is 3. The van der Waals surface area contributed by atoms with Crippen molar-refractivity contribution in [2.45, 2.75) is 33.4 Å². The molecular formula is C19H29IN6O2.